The quantitative estimate of drug-likeness (QED) is 0.506. The number of primary amides is 1. The van der Waals surface area contributed by atoms with Crippen molar-refractivity contribution in [1.29, 1.82) is 0 Å². The van der Waals surface area contributed by atoms with E-state index in [4.69, 9.17) is 27.4 Å². The Morgan fingerprint density at radius 1 is 1.08 bits per heavy atom. The average Bonchev–Trinajstić information content (AvgIpc) is 2.62. The third-order valence-electron chi connectivity index (χ3n) is 3.34. The molecule has 0 heterocycles. The Bertz CT molecular complexity index is 793. The van der Waals surface area contributed by atoms with Gasteiger partial charge < -0.3 is 20.5 Å². The van der Waals surface area contributed by atoms with Gasteiger partial charge in [-0.05, 0) is 48.6 Å². The summed E-state index contributed by atoms with van der Waals surface area (Å²) in [5.41, 5.74) is 6.43. The first-order valence-corrected chi connectivity index (χ1v) is 8.15. The zero-order chi connectivity index (χ0) is 18.9. The number of thiocarbonyl (C=S) groups is 1. The van der Waals surface area contributed by atoms with Crippen molar-refractivity contribution in [2.24, 2.45) is 5.73 Å². The van der Waals surface area contributed by atoms with Crippen molar-refractivity contribution >= 4 is 34.8 Å². The first-order chi connectivity index (χ1) is 12.5. The monoisotopic (exact) mass is 373 g/mol. The van der Waals surface area contributed by atoms with Gasteiger partial charge in [0, 0.05) is 12.7 Å². The van der Waals surface area contributed by atoms with Crippen LogP contribution in [0.1, 0.15) is 20.7 Å². The largest absolute Gasteiger partial charge is 0.491 e. The van der Waals surface area contributed by atoms with Crippen molar-refractivity contribution in [2.45, 2.75) is 0 Å². The number of anilines is 1. The molecular weight excluding hydrogens is 354 g/mol. The first kappa shape index (κ1) is 19.4. The maximum Gasteiger partial charge on any atom is 0.257 e. The molecule has 0 aromatic heterocycles. The smallest absolute Gasteiger partial charge is 0.257 e. The van der Waals surface area contributed by atoms with Crippen LogP contribution in [0.2, 0.25) is 0 Å². The number of nitrogens with two attached hydrogens (primary N) is 1. The molecule has 0 unspecified atom stereocenters. The molecule has 2 aromatic rings. The average molecular weight is 373 g/mol. The van der Waals surface area contributed by atoms with Gasteiger partial charge in [0.15, 0.2) is 5.11 Å². The van der Waals surface area contributed by atoms with Crippen LogP contribution in [0.25, 0.3) is 0 Å². The fraction of sp³-hybridized carbons (Fsp3) is 0.167. The lowest BCUT2D eigenvalue weighted by Gasteiger charge is -2.12. The molecule has 2 aromatic carbocycles. The van der Waals surface area contributed by atoms with Crippen LogP contribution < -0.4 is 21.1 Å². The maximum absolute atomic E-state index is 12.2. The van der Waals surface area contributed by atoms with Gasteiger partial charge in [-0.2, -0.15) is 0 Å². The number of carbonyl (C=O) groups excluding carboxylic acids is 2. The zero-order valence-electron chi connectivity index (χ0n) is 14.2. The first-order valence-electron chi connectivity index (χ1n) is 7.74. The van der Waals surface area contributed by atoms with Crippen molar-refractivity contribution < 1.29 is 19.1 Å². The van der Waals surface area contributed by atoms with Crippen molar-refractivity contribution in [2.75, 3.05) is 25.6 Å². The summed E-state index contributed by atoms with van der Waals surface area (Å²) in [6.07, 6.45) is 0. The minimum atomic E-state index is -0.591. The molecule has 26 heavy (non-hydrogen) atoms. The van der Waals surface area contributed by atoms with Crippen LogP contribution >= 0.6 is 12.2 Å². The lowest BCUT2D eigenvalue weighted by Crippen LogP contribution is -2.34. The zero-order valence-corrected chi connectivity index (χ0v) is 15.0. The predicted octanol–water partition coefficient (Wildman–Crippen LogP) is 1.94. The van der Waals surface area contributed by atoms with Crippen LogP contribution in [-0.2, 0) is 4.74 Å². The topological polar surface area (TPSA) is 103 Å². The standard InChI is InChI=1S/C18H19N3O4S/c1-24-10-11-25-13-8-6-12(7-9-13)17(23)21-18(26)20-15-5-3-2-4-14(15)16(19)22/h2-9H,10-11H2,1H3,(H2,19,22)(H2,20,21,23,26). The SMILES string of the molecule is COCCOc1ccc(C(=O)NC(=S)Nc2ccccc2C(N)=O)cc1. The summed E-state index contributed by atoms with van der Waals surface area (Å²) in [6.45, 7) is 0.907. The number of methoxy groups -OCH3 is 1. The second-order valence-electron chi connectivity index (χ2n) is 5.18. The number of hydrogen-bond acceptors (Lipinski definition) is 5. The number of carbonyl (C=O) groups is 2. The molecule has 0 fully saturated rings. The Hall–Kier alpha value is -2.97. The van der Waals surface area contributed by atoms with Crippen molar-refractivity contribution in [1.82, 2.24) is 5.32 Å². The van der Waals surface area contributed by atoms with E-state index in [0.29, 0.717) is 30.2 Å². The molecule has 0 spiro atoms. The van der Waals surface area contributed by atoms with E-state index in [9.17, 15) is 9.59 Å². The Kier molecular flexibility index (Phi) is 7.07. The highest BCUT2D eigenvalue weighted by Crippen LogP contribution is 2.15. The van der Waals surface area contributed by atoms with Gasteiger partial charge >= 0.3 is 0 Å². The number of ether oxygens (including phenoxy) is 2. The number of benzene rings is 2. The van der Waals surface area contributed by atoms with E-state index in [2.05, 4.69) is 10.6 Å². The molecule has 0 radical (unpaired) electrons. The van der Waals surface area contributed by atoms with Gasteiger partial charge in [-0.15, -0.1) is 0 Å². The minimum absolute atomic E-state index is 0.0594. The van der Waals surface area contributed by atoms with E-state index in [0.717, 1.165) is 0 Å². The van der Waals surface area contributed by atoms with Gasteiger partial charge in [-0.25, -0.2) is 0 Å². The van der Waals surface area contributed by atoms with Crippen LogP contribution in [0.3, 0.4) is 0 Å². The van der Waals surface area contributed by atoms with E-state index in [1.165, 1.54) is 0 Å². The molecule has 0 saturated carbocycles. The van der Waals surface area contributed by atoms with Crippen LogP contribution in [0.4, 0.5) is 5.69 Å². The highest BCUT2D eigenvalue weighted by Gasteiger charge is 2.11. The summed E-state index contributed by atoms with van der Waals surface area (Å²) in [6, 6.07) is 13.2. The molecule has 0 aliphatic rings. The third kappa shape index (κ3) is 5.54. The summed E-state index contributed by atoms with van der Waals surface area (Å²) in [5, 5.41) is 5.41. The Morgan fingerprint density at radius 3 is 2.42 bits per heavy atom. The second kappa shape index (κ2) is 9.50. The summed E-state index contributed by atoms with van der Waals surface area (Å²) >= 11 is 5.12. The molecule has 0 aliphatic carbocycles. The van der Waals surface area contributed by atoms with Crippen LogP contribution in [0, 0.1) is 0 Å². The number of hydrogen-bond donors (Lipinski definition) is 3. The number of rotatable bonds is 7. The molecule has 4 N–H and O–H groups in total. The molecule has 0 saturated heterocycles. The molecule has 8 heteroatoms. The lowest BCUT2D eigenvalue weighted by atomic mass is 10.1. The molecule has 2 amide bonds. The van der Waals surface area contributed by atoms with E-state index < -0.39 is 5.91 Å². The fourth-order valence-electron chi connectivity index (χ4n) is 2.08. The number of para-hydroxylation sites is 1. The van der Waals surface area contributed by atoms with Crippen LogP contribution in [-0.4, -0.2) is 37.3 Å². The normalized spacial score (nSPS) is 10.0. The number of nitrogens with one attached hydrogen (secondary N) is 2. The van der Waals surface area contributed by atoms with Gasteiger partial charge in [0.25, 0.3) is 11.8 Å². The minimum Gasteiger partial charge on any atom is -0.491 e. The molecular formula is C18H19N3O4S. The van der Waals surface area contributed by atoms with Crippen LogP contribution in [0.15, 0.2) is 48.5 Å². The van der Waals surface area contributed by atoms with Gasteiger partial charge in [0.1, 0.15) is 12.4 Å². The summed E-state index contributed by atoms with van der Waals surface area (Å²) < 4.78 is 10.3. The maximum atomic E-state index is 12.2. The van der Waals surface area contributed by atoms with E-state index in [1.807, 2.05) is 0 Å². The lowest BCUT2D eigenvalue weighted by molar-refractivity contribution is 0.0975. The summed E-state index contributed by atoms with van der Waals surface area (Å²) in [5.74, 6) is -0.344. The van der Waals surface area contributed by atoms with E-state index >= 15 is 0 Å². The molecule has 0 aliphatic heterocycles. The van der Waals surface area contributed by atoms with Crippen molar-refractivity contribution in [3.63, 3.8) is 0 Å². The molecule has 136 valence electrons. The van der Waals surface area contributed by atoms with E-state index in [1.54, 1.807) is 55.6 Å². The van der Waals surface area contributed by atoms with Gasteiger partial charge in [0.05, 0.1) is 17.9 Å². The van der Waals surface area contributed by atoms with E-state index in [-0.39, 0.29) is 16.6 Å². The number of amides is 2. The summed E-state index contributed by atoms with van der Waals surface area (Å²) in [7, 11) is 1.59. The molecule has 0 bridgehead atoms. The molecule has 2 rings (SSSR count). The highest BCUT2D eigenvalue weighted by atomic mass is 32.1. The molecule has 0 atom stereocenters. The molecule has 7 nitrogen and oxygen atoms in total. The Morgan fingerprint density at radius 2 is 1.77 bits per heavy atom. The van der Waals surface area contributed by atoms with Crippen molar-refractivity contribution in [3.8, 4) is 5.75 Å². The third-order valence-corrected chi connectivity index (χ3v) is 3.54. The van der Waals surface area contributed by atoms with Gasteiger partial charge in [-0.1, -0.05) is 12.1 Å². The second-order valence-corrected chi connectivity index (χ2v) is 5.59. The van der Waals surface area contributed by atoms with Crippen LogP contribution in [0.5, 0.6) is 5.75 Å². The summed E-state index contributed by atoms with van der Waals surface area (Å²) in [4.78, 5) is 23.6. The Balaban J connectivity index is 1.95. The Labute approximate surface area is 156 Å². The highest BCUT2D eigenvalue weighted by molar-refractivity contribution is 7.80. The van der Waals surface area contributed by atoms with Gasteiger partial charge in [-0.3, -0.25) is 14.9 Å². The van der Waals surface area contributed by atoms with Crippen molar-refractivity contribution in [3.05, 3.63) is 59.7 Å². The predicted molar refractivity (Wildman–Crippen MR) is 102 cm³/mol. The van der Waals surface area contributed by atoms with Gasteiger partial charge in [0.2, 0.25) is 0 Å². The fourth-order valence-corrected chi connectivity index (χ4v) is 2.28.